The lowest BCUT2D eigenvalue weighted by Crippen LogP contribution is -2.42. The summed E-state index contributed by atoms with van der Waals surface area (Å²) in [5.41, 5.74) is 2.77. The van der Waals surface area contributed by atoms with Crippen molar-refractivity contribution in [2.45, 2.75) is 18.9 Å². The van der Waals surface area contributed by atoms with Gasteiger partial charge in [0.25, 0.3) is 0 Å². The molecule has 5 rings (SSSR count). The van der Waals surface area contributed by atoms with Crippen molar-refractivity contribution in [1.82, 2.24) is 9.88 Å². The SMILES string of the molecule is c1ccc2c(c1)CCC(CN1CCOCC1)[C@H]2Oc1ccc2ccncc2c1. The second kappa shape index (κ2) is 7.90. The zero-order chi connectivity index (χ0) is 18.8. The summed E-state index contributed by atoms with van der Waals surface area (Å²) >= 11 is 0. The first kappa shape index (κ1) is 17.7. The van der Waals surface area contributed by atoms with Crippen molar-refractivity contribution < 1.29 is 9.47 Å². The molecule has 144 valence electrons. The van der Waals surface area contributed by atoms with Crippen molar-refractivity contribution in [3.05, 3.63) is 72.1 Å². The fourth-order valence-corrected chi connectivity index (χ4v) is 4.53. The van der Waals surface area contributed by atoms with E-state index in [1.54, 1.807) is 0 Å². The number of rotatable bonds is 4. The highest BCUT2D eigenvalue weighted by Gasteiger charge is 2.32. The average molecular weight is 374 g/mol. The number of aryl methyl sites for hydroxylation is 1. The first-order valence-corrected chi connectivity index (χ1v) is 10.3. The van der Waals surface area contributed by atoms with Gasteiger partial charge in [0.05, 0.1) is 13.2 Å². The smallest absolute Gasteiger partial charge is 0.128 e. The summed E-state index contributed by atoms with van der Waals surface area (Å²) in [5, 5.41) is 2.31. The van der Waals surface area contributed by atoms with E-state index in [4.69, 9.17) is 9.47 Å². The van der Waals surface area contributed by atoms with Gasteiger partial charge in [-0.1, -0.05) is 30.3 Å². The van der Waals surface area contributed by atoms with Crippen molar-refractivity contribution in [2.24, 2.45) is 5.92 Å². The number of aromatic nitrogens is 1. The molecule has 1 saturated heterocycles. The minimum Gasteiger partial charge on any atom is -0.485 e. The Kier molecular flexibility index (Phi) is 4.98. The van der Waals surface area contributed by atoms with E-state index < -0.39 is 0 Å². The molecular formula is C24H26N2O2. The molecule has 1 fully saturated rings. The first-order chi connectivity index (χ1) is 13.9. The molecule has 1 aliphatic heterocycles. The summed E-state index contributed by atoms with van der Waals surface area (Å²) < 4.78 is 12.2. The van der Waals surface area contributed by atoms with Crippen LogP contribution in [-0.2, 0) is 11.2 Å². The highest BCUT2D eigenvalue weighted by atomic mass is 16.5. The van der Waals surface area contributed by atoms with Gasteiger partial charge in [-0.2, -0.15) is 0 Å². The van der Waals surface area contributed by atoms with Crippen molar-refractivity contribution >= 4 is 10.8 Å². The minimum atomic E-state index is 0.0851. The van der Waals surface area contributed by atoms with Gasteiger partial charge in [0.15, 0.2) is 0 Å². The zero-order valence-electron chi connectivity index (χ0n) is 16.1. The largest absolute Gasteiger partial charge is 0.485 e. The molecule has 1 unspecified atom stereocenters. The van der Waals surface area contributed by atoms with Crippen LogP contribution in [0.5, 0.6) is 5.75 Å². The van der Waals surface area contributed by atoms with Crippen molar-refractivity contribution in [3.8, 4) is 5.75 Å². The Balaban J connectivity index is 1.44. The molecule has 0 bridgehead atoms. The van der Waals surface area contributed by atoms with Crippen LogP contribution >= 0.6 is 0 Å². The quantitative estimate of drug-likeness (QED) is 0.684. The van der Waals surface area contributed by atoms with Gasteiger partial charge in [-0.15, -0.1) is 0 Å². The molecule has 4 heteroatoms. The molecule has 4 nitrogen and oxygen atoms in total. The number of nitrogens with zero attached hydrogens (tertiary/aromatic N) is 2. The minimum absolute atomic E-state index is 0.0851. The van der Waals surface area contributed by atoms with Gasteiger partial charge in [-0.25, -0.2) is 0 Å². The molecule has 1 aromatic heterocycles. The van der Waals surface area contributed by atoms with Gasteiger partial charge in [0, 0.05) is 43.3 Å². The topological polar surface area (TPSA) is 34.6 Å². The van der Waals surface area contributed by atoms with Gasteiger partial charge in [-0.3, -0.25) is 9.88 Å². The summed E-state index contributed by atoms with van der Waals surface area (Å²) in [7, 11) is 0. The van der Waals surface area contributed by atoms with Crippen molar-refractivity contribution in [3.63, 3.8) is 0 Å². The summed E-state index contributed by atoms with van der Waals surface area (Å²) in [4.78, 5) is 6.79. The summed E-state index contributed by atoms with van der Waals surface area (Å²) in [5.74, 6) is 1.41. The highest BCUT2D eigenvalue weighted by molar-refractivity contribution is 5.82. The van der Waals surface area contributed by atoms with Gasteiger partial charge >= 0.3 is 0 Å². The maximum absolute atomic E-state index is 6.66. The highest BCUT2D eigenvalue weighted by Crippen LogP contribution is 2.39. The first-order valence-electron chi connectivity index (χ1n) is 10.3. The molecule has 0 radical (unpaired) electrons. The molecule has 1 aliphatic carbocycles. The lowest BCUT2D eigenvalue weighted by Gasteiger charge is -2.38. The molecular weight excluding hydrogens is 348 g/mol. The molecule has 2 atom stereocenters. The maximum atomic E-state index is 6.66. The van der Waals surface area contributed by atoms with Gasteiger partial charge < -0.3 is 9.47 Å². The van der Waals surface area contributed by atoms with E-state index in [1.165, 1.54) is 16.5 Å². The standard InChI is InChI=1S/C24H26N2O2/c1-2-4-23-19(3-1)5-6-20(17-26-11-13-27-14-12-26)24(23)28-22-8-7-18-9-10-25-16-21(18)15-22/h1-4,7-10,15-16,20,24H,5-6,11-14,17H2/t20?,24-/m1/s1. The van der Waals surface area contributed by atoms with E-state index in [2.05, 4.69) is 52.3 Å². The Labute approximate surface area is 166 Å². The fraction of sp³-hybridized carbons (Fsp3) is 0.375. The van der Waals surface area contributed by atoms with Gasteiger partial charge in [0.1, 0.15) is 11.9 Å². The molecule has 3 aromatic rings. The predicted molar refractivity (Wildman–Crippen MR) is 111 cm³/mol. The molecule has 0 saturated carbocycles. The van der Waals surface area contributed by atoms with Crippen LogP contribution in [0.4, 0.5) is 0 Å². The van der Waals surface area contributed by atoms with E-state index in [-0.39, 0.29) is 6.10 Å². The van der Waals surface area contributed by atoms with Crippen LogP contribution in [0.2, 0.25) is 0 Å². The van der Waals surface area contributed by atoms with Gasteiger partial charge in [-0.05, 0) is 47.6 Å². The zero-order valence-corrected chi connectivity index (χ0v) is 16.1. The van der Waals surface area contributed by atoms with E-state index in [0.29, 0.717) is 5.92 Å². The van der Waals surface area contributed by atoms with Crippen LogP contribution in [0, 0.1) is 5.92 Å². The van der Waals surface area contributed by atoms with Crippen molar-refractivity contribution in [2.75, 3.05) is 32.8 Å². The van der Waals surface area contributed by atoms with E-state index in [0.717, 1.165) is 56.8 Å². The molecule has 0 amide bonds. The van der Waals surface area contributed by atoms with E-state index >= 15 is 0 Å². The third-order valence-corrected chi connectivity index (χ3v) is 6.05. The summed E-state index contributed by atoms with van der Waals surface area (Å²) in [6.45, 7) is 4.79. The van der Waals surface area contributed by atoms with Gasteiger partial charge in [0.2, 0.25) is 0 Å². The monoisotopic (exact) mass is 374 g/mol. The third kappa shape index (κ3) is 3.62. The second-order valence-electron chi connectivity index (χ2n) is 7.83. The molecule has 2 aliphatic rings. The van der Waals surface area contributed by atoms with Crippen LogP contribution in [0.3, 0.4) is 0 Å². The Morgan fingerprint density at radius 2 is 1.93 bits per heavy atom. The fourth-order valence-electron chi connectivity index (χ4n) is 4.53. The van der Waals surface area contributed by atoms with Crippen LogP contribution in [0.15, 0.2) is 60.9 Å². The second-order valence-corrected chi connectivity index (χ2v) is 7.83. The third-order valence-electron chi connectivity index (χ3n) is 6.05. The number of hydrogen-bond acceptors (Lipinski definition) is 4. The number of hydrogen-bond donors (Lipinski definition) is 0. The lowest BCUT2D eigenvalue weighted by molar-refractivity contribution is 0.0127. The molecule has 0 N–H and O–H groups in total. The summed E-state index contributed by atoms with van der Waals surface area (Å²) in [6.07, 6.45) is 6.11. The number of benzene rings is 2. The molecule has 0 spiro atoms. The van der Waals surface area contributed by atoms with Crippen molar-refractivity contribution in [1.29, 1.82) is 0 Å². The lowest BCUT2D eigenvalue weighted by atomic mass is 9.81. The van der Waals surface area contributed by atoms with Crippen LogP contribution in [0.1, 0.15) is 23.7 Å². The number of ether oxygens (including phenoxy) is 2. The number of pyridine rings is 1. The van der Waals surface area contributed by atoms with Crippen LogP contribution in [0.25, 0.3) is 10.8 Å². The molecule has 2 aromatic carbocycles. The number of fused-ring (bicyclic) bond motifs is 2. The molecule has 28 heavy (non-hydrogen) atoms. The predicted octanol–water partition coefficient (Wildman–Crippen LogP) is 4.25. The Morgan fingerprint density at radius 1 is 1.04 bits per heavy atom. The van der Waals surface area contributed by atoms with Crippen LogP contribution in [-0.4, -0.2) is 42.7 Å². The Morgan fingerprint density at radius 3 is 2.86 bits per heavy atom. The van der Waals surface area contributed by atoms with E-state index in [9.17, 15) is 0 Å². The average Bonchev–Trinajstić information content (AvgIpc) is 2.76. The normalized spacial score (nSPS) is 22.7. The maximum Gasteiger partial charge on any atom is 0.128 e. The Bertz CT molecular complexity index is 952. The Hall–Kier alpha value is -2.43. The number of morpholine rings is 1. The summed E-state index contributed by atoms with van der Waals surface area (Å²) in [6, 6.07) is 17.1. The van der Waals surface area contributed by atoms with Crippen LogP contribution < -0.4 is 4.74 Å². The van der Waals surface area contributed by atoms with E-state index in [1.807, 2.05) is 18.5 Å². The molecule has 2 heterocycles.